The predicted molar refractivity (Wildman–Crippen MR) is 83.0 cm³/mol. The molecule has 4 rings (SSSR count). The zero-order valence-electron chi connectivity index (χ0n) is 10.9. The van der Waals surface area contributed by atoms with Crippen LogP contribution in [0.2, 0.25) is 0 Å². The summed E-state index contributed by atoms with van der Waals surface area (Å²) in [7, 11) is 0. The molecule has 4 fully saturated rings. The minimum atomic E-state index is -1.91. The first-order chi connectivity index (χ1) is 8.53. The highest BCUT2D eigenvalue weighted by atomic mass is 32.9. The highest BCUT2D eigenvalue weighted by molar-refractivity contribution is 8.62. The molecule has 4 aliphatic rings. The molecule has 0 aromatic carbocycles. The van der Waals surface area contributed by atoms with Gasteiger partial charge in [0.05, 0.1) is 5.60 Å². The van der Waals surface area contributed by atoms with Gasteiger partial charge in [-0.25, -0.2) is 0 Å². The number of thiol groups is 1. The van der Waals surface area contributed by atoms with Crippen LogP contribution < -0.4 is 0 Å². The zero-order chi connectivity index (χ0) is 12.4. The summed E-state index contributed by atoms with van der Waals surface area (Å²) in [5.41, 5.74) is -1.74. The third-order valence-electron chi connectivity index (χ3n) is 6.30. The van der Waals surface area contributed by atoms with Crippen LogP contribution in [0.3, 0.4) is 0 Å². The molecule has 0 saturated heterocycles. The molecule has 0 radical (unpaired) electrons. The Kier molecular flexibility index (Phi) is 2.81. The predicted octanol–water partition coefficient (Wildman–Crippen LogP) is 4.91. The Morgan fingerprint density at radius 3 is 1.94 bits per heavy atom. The van der Waals surface area contributed by atoms with E-state index in [2.05, 4.69) is 0 Å². The van der Waals surface area contributed by atoms with E-state index in [4.69, 9.17) is 28.6 Å². The van der Waals surface area contributed by atoms with Gasteiger partial charge >= 0.3 is 0 Å². The number of rotatable bonds is 3. The first-order valence-electron chi connectivity index (χ1n) is 7.56. The largest absolute Gasteiger partial charge is 0.335 e. The second kappa shape index (κ2) is 4.00. The lowest BCUT2D eigenvalue weighted by atomic mass is 9.98. The average molecular weight is 302 g/mol. The van der Waals surface area contributed by atoms with E-state index in [1.807, 2.05) is 0 Å². The van der Waals surface area contributed by atoms with Gasteiger partial charge in [0, 0.05) is 5.16 Å². The van der Waals surface area contributed by atoms with Crippen LogP contribution in [-0.4, -0.2) is 10.8 Å². The summed E-state index contributed by atoms with van der Waals surface area (Å²) in [6.07, 6.45) is 13.3. The van der Waals surface area contributed by atoms with E-state index in [1.165, 1.54) is 64.2 Å². The van der Waals surface area contributed by atoms with Crippen LogP contribution in [0.15, 0.2) is 0 Å². The lowest BCUT2D eigenvalue weighted by molar-refractivity contribution is 0.0945. The summed E-state index contributed by atoms with van der Waals surface area (Å²) in [5, 5.41) is 0.325. The molecule has 0 aromatic heterocycles. The molecule has 0 N–H and O–H groups in total. The number of hydrogen-bond acceptors (Lipinski definition) is 2. The first-order valence-corrected chi connectivity index (χ1v) is 11.4. The van der Waals surface area contributed by atoms with Crippen molar-refractivity contribution < 1.29 is 4.52 Å². The first kappa shape index (κ1) is 12.7. The van der Waals surface area contributed by atoms with E-state index in [-0.39, 0.29) is 5.60 Å². The Hall–Kier alpha value is 0.960. The van der Waals surface area contributed by atoms with Gasteiger partial charge in [-0.3, -0.25) is 0 Å². The SMILES string of the molecule is S=P(S)(OC12CCC(CC1)C2)C12CCC(CC1)C2. The highest BCUT2D eigenvalue weighted by Crippen LogP contribution is 2.77. The molecule has 4 heteroatoms. The summed E-state index contributed by atoms with van der Waals surface area (Å²) >= 11 is 11.0. The van der Waals surface area contributed by atoms with Crippen LogP contribution in [0, 0.1) is 11.8 Å². The van der Waals surface area contributed by atoms with Gasteiger partial charge in [0.25, 0.3) is 0 Å². The topological polar surface area (TPSA) is 9.23 Å². The van der Waals surface area contributed by atoms with Crippen molar-refractivity contribution >= 4 is 29.5 Å². The third kappa shape index (κ3) is 1.73. The van der Waals surface area contributed by atoms with Crippen LogP contribution in [0.1, 0.15) is 64.2 Å². The second-order valence-corrected chi connectivity index (χ2v) is 13.5. The molecule has 4 saturated carbocycles. The van der Waals surface area contributed by atoms with Gasteiger partial charge in [-0.15, -0.1) is 12.2 Å². The molecule has 4 bridgehead atoms. The van der Waals surface area contributed by atoms with Crippen LogP contribution in [0.25, 0.3) is 0 Å². The second-order valence-electron chi connectivity index (χ2n) is 7.31. The van der Waals surface area contributed by atoms with Crippen molar-refractivity contribution in [3.63, 3.8) is 0 Å². The Morgan fingerprint density at radius 2 is 1.50 bits per heavy atom. The Bertz CT molecular complexity index is 406. The van der Waals surface area contributed by atoms with Gasteiger partial charge in [0.2, 0.25) is 0 Å². The van der Waals surface area contributed by atoms with Gasteiger partial charge in [0.15, 0.2) is 0 Å². The van der Waals surface area contributed by atoms with Crippen molar-refractivity contribution in [3.05, 3.63) is 0 Å². The van der Waals surface area contributed by atoms with Crippen molar-refractivity contribution in [2.24, 2.45) is 11.8 Å². The smallest absolute Gasteiger partial charge is 0.123 e. The summed E-state index contributed by atoms with van der Waals surface area (Å²) in [5.74, 6) is 1.88. The van der Waals surface area contributed by atoms with E-state index >= 15 is 0 Å². The molecule has 18 heavy (non-hydrogen) atoms. The fraction of sp³-hybridized carbons (Fsp3) is 1.00. The minimum Gasteiger partial charge on any atom is -0.335 e. The molecule has 0 spiro atoms. The van der Waals surface area contributed by atoms with Crippen LogP contribution >= 0.6 is 17.7 Å². The van der Waals surface area contributed by atoms with Crippen LogP contribution in [-0.2, 0) is 16.3 Å². The summed E-state index contributed by atoms with van der Waals surface area (Å²) in [4.78, 5) is 0. The van der Waals surface area contributed by atoms with Crippen molar-refractivity contribution in [1.82, 2.24) is 0 Å². The van der Waals surface area contributed by atoms with E-state index in [0.717, 1.165) is 11.8 Å². The molecule has 1 unspecified atom stereocenters. The Balaban J connectivity index is 1.58. The number of hydrogen-bond donors (Lipinski definition) is 1. The summed E-state index contributed by atoms with van der Waals surface area (Å²) in [6, 6.07) is 0. The van der Waals surface area contributed by atoms with E-state index in [0.29, 0.717) is 5.16 Å². The van der Waals surface area contributed by atoms with Gasteiger partial charge in [-0.2, -0.15) is 0 Å². The molecule has 0 aromatic rings. The molecule has 0 aliphatic heterocycles. The van der Waals surface area contributed by atoms with Crippen molar-refractivity contribution in [2.75, 3.05) is 0 Å². The standard InChI is InChI=1S/C14H23OPS2/c17-16(18,14-7-3-12(10-14)4-8-14)15-13-5-1-11(9-13)2-6-13/h11-12H,1-10H2,(H,17,18). The Morgan fingerprint density at radius 1 is 0.944 bits per heavy atom. The maximum atomic E-state index is 6.67. The molecular formula is C14H23OPS2. The van der Waals surface area contributed by atoms with Crippen molar-refractivity contribution in [3.8, 4) is 0 Å². The van der Waals surface area contributed by atoms with Crippen LogP contribution in [0.4, 0.5) is 0 Å². The Labute approximate surface area is 121 Å². The van der Waals surface area contributed by atoms with Gasteiger partial charge in [-0.1, -0.05) is 11.8 Å². The molecular weight excluding hydrogens is 279 g/mol. The fourth-order valence-electron chi connectivity index (χ4n) is 5.18. The zero-order valence-corrected chi connectivity index (χ0v) is 13.5. The van der Waals surface area contributed by atoms with E-state index in [1.54, 1.807) is 0 Å². The minimum absolute atomic E-state index is 0.164. The monoisotopic (exact) mass is 302 g/mol. The van der Waals surface area contributed by atoms with E-state index < -0.39 is 5.47 Å². The van der Waals surface area contributed by atoms with Gasteiger partial charge < -0.3 is 4.52 Å². The molecule has 0 heterocycles. The molecule has 4 aliphatic carbocycles. The van der Waals surface area contributed by atoms with Crippen molar-refractivity contribution in [2.45, 2.75) is 75.0 Å². The van der Waals surface area contributed by atoms with E-state index in [9.17, 15) is 0 Å². The normalized spacial score (nSPS) is 52.9. The molecule has 102 valence electrons. The number of fused-ring (bicyclic) bond motifs is 4. The lowest BCUT2D eigenvalue weighted by Crippen LogP contribution is -2.30. The maximum Gasteiger partial charge on any atom is 0.123 e. The van der Waals surface area contributed by atoms with Gasteiger partial charge in [-0.05, 0) is 76.0 Å². The highest BCUT2D eigenvalue weighted by Gasteiger charge is 2.56. The summed E-state index contributed by atoms with van der Waals surface area (Å²) < 4.78 is 6.67. The maximum absolute atomic E-state index is 6.67. The average Bonchev–Trinajstić information content (AvgIpc) is 3.08. The fourth-order valence-corrected chi connectivity index (χ4v) is 10.1. The van der Waals surface area contributed by atoms with Gasteiger partial charge in [0.1, 0.15) is 5.47 Å². The lowest BCUT2D eigenvalue weighted by Gasteiger charge is -2.41. The molecule has 1 atom stereocenters. The molecule has 0 amide bonds. The quantitative estimate of drug-likeness (QED) is 0.586. The van der Waals surface area contributed by atoms with Crippen molar-refractivity contribution in [1.29, 1.82) is 0 Å². The van der Waals surface area contributed by atoms with Crippen LogP contribution in [0.5, 0.6) is 0 Å². The molecule has 1 nitrogen and oxygen atoms in total. The third-order valence-corrected chi connectivity index (χ3v) is 11.7. The summed E-state index contributed by atoms with van der Waals surface area (Å²) in [6.45, 7) is 0.